The monoisotopic (exact) mass is 488 g/mol. The standard InChI is InChI=1S/C13H16O2.C7H12O2.C6H5Br/c1-13(2,3)15-12(14)10-9-11-7-5-4-6-8-11;1-5-6(8)9-7(2,3)4;7-6-4-2-1-3-5-6/h4-10H,1-3H3;5H,1H2,2-4H3;1-5H/b10-9+;;. The van der Waals surface area contributed by atoms with Gasteiger partial charge in [-0.2, -0.15) is 0 Å². The van der Waals surface area contributed by atoms with E-state index in [4.69, 9.17) is 9.47 Å². The lowest BCUT2D eigenvalue weighted by Crippen LogP contribution is -2.22. The van der Waals surface area contributed by atoms with Gasteiger partial charge < -0.3 is 9.47 Å². The Morgan fingerprint density at radius 2 is 1.19 bits per heavy atom. The van der Waals surface area contributed by atoms with Gasteiger partial charge in [0.2, 0.25) is 0 Å². The smallest absolute Gasteiger partial charge is 0.331 e. The highest BCUT2D eigenvalue weighted by Gasteiger charge is 2.14. The van der Waals surface area contributed by atoms with Gasteiger partial charge in [-0.3, -0.25) is 0 Å². The van der Waals surface area contributed by atoms with Crippen molar-refractivity contribution in [3.8, 4) is 0 Å². The summed E-state index contributed by atoms with van der Waals surface area (Å²) in [5.41, 5.74) is 0.159. The lowest BCUT2D eigenvalue weighted by atomic mass is 10.2. The van der Waals surface area contributed by atoms with Gasteiger partial charge in [0, 0.05) is 16.6 Å². The molecule has 0 aromatic heterocycles. The van der Waals surface area contributed by atoms with Gasteiger partial charge in [-0.25, -0.2) is 9.59 Å². The topological polar surface area (TPSA) is 52.6 Å². The molecule has 5 heteroatoms. The fourth-order valence-corrected chi connectivity index (χ4v) is 2.13. The van der Waals surface area contributed by atoms with E-state index in [9.17, 15) is 9.59 Å². The van der Waals surface area contributed by atoms with Crippen molar-refractivity contribution < 1.29 is 19.1 Å². The van der Waals surface area contributed by atoms with Gasteiger partial charge in [0.25, 0.3) is 0 Å². The van der Waals surface area contributed by atoms with Crippen LogP contribution >= 0.6 is 15.9 Å². The third-order valence-electron chi connectivity index (χ3n) is 2.92. The number of ether oxygens (including phenoxy) is 2. The minimum Gasteiger partial charge on any atom is -0.457 e. The van der Waals surface area contributed by atoms with Crippen LogP contribution in [0.5, 0.6) is 0 Å². The molecule has 0 heterocycles. The molecule has 0 aliphatic rings. The molecule has 0 bridgehead atoms. The van der Waals surface area contributed by atoms with Crippen molar-refractivity contribution in [2.24, 2.45) is 0 Å². The molecule has 0 N–H and O–H groups in total. The summed E-state index contributed by atoms with van der Waals surface area (Å²) in [5.74, 6) is -0.686. The van der Waals surface area contributed by atoms with Crippen molar-refractivity contribution in [3.05, 3.63) is 89.4 Å². The highest BCUT2D eigenvalue weighted by molar-refractivity contribution is 9.10. The highest BCUT2D eigenvalue weighted by Crippen LogP contribution is 2.09. The number of esters is 2. The summed E-state index contributed by atoms with van der Waals surface area (Å²) in [7, 11) is 0. The summed E-state index contributed by atoms with van der Waals surface area (Å²) in [4.78, 5) is 21.8. The summed E-state index contributed by atoms with van der Waals surface area (Å²) < 4.78 is 11.1. The van der Waals surface area contributed by atoms with Crippen LogP contribution in [0.3, 0.4) is 0 Å². The molecule has 0 amide bonds. The maximum Gasteiger partial charge on any atom is 0.331 e. The third kappa shape index (κ3) is 19.1. The molecule has 2 rings (SSSR count). The maximum atomic E-state index is 11.3. The predicted octanol–water partition coefficient (Wildman–Crippen LogP) is 7.00. The van der Waals surface area contributed by atoms with Gasteiger partial charge in [-0.15, -0.1) is 0 Å². The average Bonchev–Trinajstić information content (AvgIpc) is 2.66. The third-order valence-corrected chi connectivity index (χ3v) is 3.45. The molecule has 0 saturated carbocycles. The average molecular weight is 489 g/mol. The Kier molecular flexibility index (Phi) is 13.1. The second kappa shape index (κ2) is 14.4. The first-order valence-electron chi connectivity index (χ1n) is 9.84. The Morgan fingerprint density at radius 1 is 0.774 bits per heavy atom. The van der Waals surface area contributed by atoms with Crippen LogP contribution in [-0.4, -0.2) is 23.1 Å². The zero-order chi connectivity index (χ0) is 23.9. The van der Waals surface area contributed by atoms with Crippen molar-refractivity contribution >= 4 is 33.9 Å². The molecule has 168 valence electrons. The molecule has 0 unspecified atom stereocenters. The van der Waals surface area contributed by atoms with Gasteiger partial charge >= 0.3 is 11.9 Å². The molecule has 0 aliphatic heterocycles. The van der Waals surface area contributed by atoms with E-state index in [1.54, 1.807) is 6.08 Å². The molecule has 0 atom stereocenters. The number of hydrogen-bond acceptors (Lipinski definition) is 4. The number of carbonyl (C=O) groups excluding carboxylic acids is 2. The van der Waals surface area contributed by atoms with Gasteiger partial charge in [0.15, 0.2) is 0 Å². The van der Waals surface area contributed by atoms with Crippen molar-refractivity contribution in [2.75, 3.05) is 0 Å². The number of halogens is 1. The number of hydrogen-bond donors (Lipinski definition) is 0. The van der Waals surface area contributed by atoms with Crippen LogP contribution in [-0.2, 0) is 19.1 Å². The molecule has 2 aromatic rings. The van der Waals surface area contributed by atoms with Gasteiger partial charge in [-0.1, -0.05) is 71.0 Å². The van der Waals surface area contributed by atoms with E-state index in [1.165, 1.54) is 6.08 Å². The number of carbonyl (C=O) groups is 2. The van der Waals surface area contributed by atoms with Gasteiger partial charge in [0.05, 0.1) is 0 Å². The second-order valence-electron chi connectivity index (χ2n) is 8.31. The lowest BCUT2D eigenvalue weighted by molar-refractivity contribution is -0.149. The van der Waals surface area contributed by atoms with Crippen molar-refractivity contribution in [1.82, 2.24) is 0 Å². The summed E-state index contributed by atoms with van der Waals surface area (Å²) in [6.07, 6.45) is 4.35. The van der Waals surface area contributed by atoms with Crippen LogP contribution in [0.1, 0.15) is 47.1 Å². The summed E-state index contributed by atoms with van der Waals surface area (Å²) in [6.45, 7) is 14.3. The molecular formula is C26H33BrO4. The Balaban J connectivity index is 0.000000478. The van der Waals surface area contributed by atoms with Crippen LogP contribution in [0.15, 0.2) is 83.9 Å². The highest BCUT2D eigenvalue weighted by atomic mass is 79.9. The molecule has 4 nitrogen and oxygen atoms in total. The van der Waals surface area contributed by atoms with E-state index in [-0.39, 0.29) is 11.9 Å². The number of benzene rings is 2. The summed E-state index contributed by atoms with van der Waals surface area (Å²) in [5, 5.41) is 0. The first-order chi connectivity index (χ1) is 14.3. The van der Waals surface area contributed by atoms with Crippen LogP contribution in [0.25, 0.3) is 6.08 Å². The second-order valence-corrected chi connectivity index (χ2v) is 9.23. The quantitative estimate of drug-likeness (QED) is 0.344. The SMILES string of the molecule is Brc1ccccc1.C=CC(=O)OC(C)(C)C.CC(C)(C)OC(=O)/C=C/c1ccccc1. The zero-order valence-corrected chi connectivity index (χ0v) is 20.8. The zero-order valence-electron chi connectivity index (χ0n) is 19.2. The molecule has 0 fully saturated rings. The molecular weight excluding hydrogens is 456 g/mol. The Labute approximate surface area is 195 Å². The fraction of sp³-hybridized carbons (Fsp3) is 0.308. The van der Waals surface area contributed by atoms with Gasteiger partial charge in [-0.05, 0) is 65.3 Å². The van der Waals surface area contributed by atoms with E-state index >= 15 is 0 Å². The molecule has 0 spiro atoms. The fourth-order valence-electron chi connectivity index (χ4n) is 1.82. The minimum atomic E-state index is -0.432. The minimum absolute atomic E-state index is 0.314. The van der Waals surface area contributed by atoms with Crippen molar-refractivity contribution in [3.63, 3.8) is 0 Å². The van der Waals surface area contributed by atoms with E-state index in [0.717, 1.165) is 16.1 Å². The van der Waals surface area contributed by atoms with E-state index in [0.29, 0.717) is 0 Å². The first kappa shape index (κ1) is 28.3. The van der Waals surface area contributed by atoms with Gasteiger partial charge in [0.1, 0.15) is 11.2 Å². The Hall–Kier alpha value is -2.66. The first-order valence-corrected chi connectivity index (χ1v) is 10.6. The number of rotatable bonds is 3. The van der Waals surface area contributed by atoms with Crippen LogP contribution in [0, 0.1) is 0 Å². The van der Waals surface area contributed by atoms with E-state index in [2.05, 4.69) is 22.5 Å². The van der Waals surface area contributed by atoms with E-state index < -0.39 is 11.2 Å². The normalized spacial score (nSPS) is 10.7. The van der Waals surface area contributed by atoms with E-state index in [1.807, 2.05) is 102 Å². The lowest BCUT2D eigenvalue weighted by Gasteiger charge is -2.17. The summed E-state index contributed by atoms with van der Waals surface area (Å²) in [6, 6.07) is 19.6. The largest absolute Gasteiger partial charge is 0.457 e. The van der Waals surface area contributed by atoms with Crippen molar-refractivity contribution in [1.29, 1.82) is 0 Å². The molecule has 0 saturated heterocycles. The molecule has 0 radical (unpaired) electrons. The maximum absolute atomic E-state index is 11.3. The van der Waals surface area contributed by atoms with Crippen LogP contribution in [0.4, 0.5) is 0 Å². The molecule has 0 aliphatic carbocycles. The van der Waals surface area contributed by atoms with Crippen molar-refractivity contribution in [2.45, 2.75) is 52.7 Å². The Morgan fingerprint density at radius 3 is 1.52 bits per heavy atom. The summed E-state index contributed by atoms with van der Waals surface area (Å²) >= 11 is 3.31. The molecule has 2 aromatic carbocycles. The van der Waals surface area contributed by atoms with Crippen LogP contribution < -0.4 is 0 Å². The molecule has 31 heavy (non-hydrogen) atoms. The van der Waals surface area contributed by atoms with Crippen LogP contribution in [0.2, 0.25) is 0 Å². The Bertz CT molecular complexity index is 814. The predicted molar refractivity (Wildman–Crippen MR) is 132 cm³/mol.